The maximum absolute atomic E-state index is 13.0. The van der Waals surface area contributed by atoms with Gasteiger partial charge in [0.05, 0.1) is 12.9 Å². The summed E-state index contributed by atoms with van der Waals surface area (Å²) in [6, 6.07) is 2.47. The highest BCUT2D eigenvalue weighted by Gasteiger charge is 2.59. The molecule has 0 aromatic carbocycles. The van der Waals surface area contributed by atoms with E-state index in [-0.39, 0.29) is 59.4 Å². The van der Waals surface area contributed by atoms with Crippen LogP contribution in [-0.4, -0.2) is 90.0 Å². The van der Waals surface area contributed by atoms with Crippen LogP contribution in [0.25, 0.3) is 0 Å². The SMILES string of the molecule is CCCOC(=O)Cn1nnnc1SCC1(C(=O)O)CS[C@@H]2C(N(C(C)=O)c3ccco3)C(=O)N2C1. The topological polar surface area (TPSA) is 161 Å². The lowest BCUT2D eigenvalue weighted by Crippen LogP contribution is -2.74. The van der Waals surface area contributed by atoms with Crippen LogP contribution in [0.4, 0.5) is 5.88 Å². The number of carboxylic acid groups (broad SMARTS) is 1. The smallest absolute Gasteiger partial charge is 0.327 e. The van der Waals surface area contributed by atoms with Gasteiger partial charge in [-0.05, 0) is 22.9 Å². The van der Waals surface area contributed by atoms with Crippen molar-refractivity contribution in [2.75, 3.05) is 29.6 Å². The summed E-state index contributed by atoms with van der Waals surface area (Å²) in [4.78, 5) is 52.3. The maximum atomic E-state index is 13.0. The third-order valence-corrected chi connectivity index (χ3v) is 8.47. The fourth-order valence-corrected chi connectivity index (χ4v) is 6.65. The number of fused-ring (bicyclic) bond motifs is 1. The standard InChI is InChI=1S/C20H24N6O7S2/c1-3-6-33-14(28)8-25-19(21-22-23-25)35-11-20(18(30)31)9-24-16(29)15(17(24)34-10-20)26(12(2)27)13-5-4-7-32-13/h4-5,7,15,17H,3,6,8-11H2,1-2H3,(H,30,31)/t15?,17-,20?/m1/s1. The molecule has 2 amide bonds. The average molecular weight is 525 g/mol. The fraction of sp³-hybridized carbons (Fsp3) is 0.550. The Morgan fingerprint density at radius 1 is 1.43 bits per heavy atom. The molecule has 3 atom stereocenters. The minimum absolute atomic E-state index is 0.0215. The third kappa shape index (κ3) is 4.87. The van der Waals surface area contributed by atoms with Gasteiger partial charge in [0.15, 0.2) is 0 Å². The summed E-state index contributed by atoms with van der Waals surface area (Å²) in [6.07, 6.45) is 2.11. The van der Waals surface area contributed by atoms with Gasteiger partial charge >= 0.3 is 11.9 Å². The van der Waals surface area contributed by atoms with Crippen LogP contribution >= 0.6 is 23.5 Å². The van der Waals surface area contributed by atoms with E-state index in [1.807, 2.05) is 6.92 Å². The Hall–Kier alpha value is -3.07. The molecular formula is C20H24N6O7S2. The number of amides is 2. The number of rotatable bonds is 10. The summed E-state index contributed by atoms with van der Waals surface area (Å²) in [5.74, 6) is -1.66. The van der Waals surface area contributed by atoms with Gasteiger partial charge in [0, 0.05) is 31.0 Å². The molecule has 0 spiro atoms. The molecule has 2 saturated heterocycles. The normalized spacial score (nSPS) is 23.4. The zero-order valence-corrected chi connectivity index (χ0v) is 20.7. The number of carbonyl (C=O) groups is 4. The molecule has 35 heavy (non-hydrogen) atoms. The number of carboxylic acids is 1. The Bertz CT molecular complexity index is 1110. The first kappa shape index (κ1) is 25.0. The van der Waals surface area contributed by atoms with Gasteiger partial charge in [0.1, 0.15) is 23.4 Å². The summed E-state index contributed by atoms with van der Waals surface area (Å²) >= 11 is 2.41. The van der Waals surface area contributed by atoms with Crippen LogP contribution in [-0.2, 0) is 30.5 Å². The van der Waals surface area contributed by atoms with Crippen molar-refractivity contribution < 1.29 is 33.4 Å². The minimum Gasteiger partial charge on any atom is -0.481 e. The van der Waals surface area contributed by atoms with Gasteiger partial charge in [0.25, 0.3) is 0 Å². The second kappa shape index (κ2) is 10.3. The molecule has 2 aromatic rings. The van der Waals surface area contributed by atoms with Crippen LogP contribution in [0.5, 0.6) is 0 Å². The number of tetrazole rings is 1. The van der Waals surface area contributed by atoms with Crippen molar-refractivity contribution in [2.45, 2.75) is 43.4 Å². The molecule has 4 rings (SSSR count). The Kier molecular flexibility index (Phi) is 7.35. The maximum Gasteiger partial charge on any atom is 0.327 e. The van der Waals surface area contributed by atoms with E-state index in [4.69, 9.17) is 9.15 Å². The van der Waals surface area contributed by atoms with E-state index in [1.165, 1.54) is 39.4 Å². The van der Waals surface area contributed by atoms with E-state index in [0.717, 1.165) is 11.8 Å². The van der Waals surface area contributed by atoms with Crippen molar-refractivity contribution in [1.29, 1.82) is 0 Å². The molecule has 0 bridgehead atoms. The third-order valence-electron chi connectivity index (χ3n) is 5.65. The highest BCUT2D eigenvalue weighted by Crippen LogP contribution is 2.46. The van der Waals surface area contributed by atoms with Gasteiger partial charge in [-0.1, -0.05) is 18.7 Å². The second-order valence-electron chi connectivity index (χ2n) is 8.17. The highest BCUT2D eigenvalue weighted by molar-refractivity contribution is 8.00. The Morgan fingerprint density at radius 2 is 2.23 bits per heavy atom. The van der Waals surface area contributed by atoms with Gasteiger partial charge in [-0.3, -0.25) is 24.1 Å². The van der Waals surface area contributed by atoms with Crippen molar-refractivity contribution in [3.63, 3.8) is 0 Å². The van der Waals surface area contributed by atoms with Gasteiger partial charge in [-0.2, -0.15) is 0 Å². The van der Waals surface area contributed by atoms with Crippen LogP contribution in [0, 0.1) is 5.41 Å². The number of nitrogens with zero attached hydrogens (tertiary/aromatic N) is 6. The van der Waals surface area contributed by atoms with E-state index in [9.17, 15) is 24.3 Å². The molecule has 0 aliphatic carbocycles. The van der Waals surface area contributed by atoms with Gasteiger partial charge in [-0.15, -0.1) is 16.9 Å². The second-order valence-corrected chi connectivity index (χ2v) is 10.2. The number of furan rings is 1. The van der Waals surface area contributed by atoms with Crippen LogP contribution in [0.3, 0.4) is 0 Å². The molecule has 2 aromatic heterocycles. The number of β-lactam (4-membered cyclic amide) rings is 1. The van der Waals surface area contributed by atoms with Crippen LogP contribution in [0.1, 0.15) is 20.3 Å². The first-order chi connectivity index (χ1) is 16.8. The molecule has 2 unspecified atom stereocenters. The largest absolute Gasteiger partial charge is 0.481 e. The first-order valence-electron chi connectivity index (χ1n) is 10.8. The zero-order valence-electron chi connectivity index (χ0n) is 19.0. The average Bonchev–Trinajstić information content (AvgIpc) is 3.51. The Balaban J connectivity index is 1.44. The van der Waals surface area contributed by atoms with E-state index < -0.39 is 23.4 Å². The van der Waals surface area contributed by atoms with Crippen LogP contribution < -0.4 is 4.90 Å². The molecule has 0 radical (unpaired) electrons. The van der Waals surface area contributed by atoms with Crippen molar-refractivity contribution in [3.05, 3.63) is 18.4 Å². The van der Waals surface area contributed by atoms with Crippen molar-refractivity contribution in [1.82, 2.24) is 25.1 Å². The Labute approximate surface area is 208 Å². The monoisotopic (exact) mass is 524 g/mol. The van der Waals surface area contributed by atoms with Crippen molar-refractivity contribution in [3.8, 4) is 0 Å². The van der Waals surface area contributed by atoms with Crippen molar-refractivity contribution in [2.24, 2.45) is 5.41 Å². The molecule has 2 fully saturated rings. The van der Waals surface area contributed by atoms with E-state index >= 15 is 0 Å². The fourth-order valence-electron chi connectivity index (χ4n) is 3.87. The highest BCUT2D eigenvalue weighted by atomic mass is 32.2. The molecule has 0 saturated carbocycles. The molecule has 188 valence electrons. The molecule has 15 heteroatoms. The van der Waals surface area contributed by atoms with Crippen LogP contribution in [0.2, 0.25) is 0 Å². The summed E-state index contributed by atoms with van der Waals surface area (Å²) in [6.45, 7) is 3.31. The first-order valence-corrected chi connectivity index (χ1v) is 12.8. The van der Waals surface area contributed by atoms with Crippen LogP contribution in [0.15, 0.2) is 28.0 Å². The predicted octanol–water partition coefficient (Wildman–Crippen LogP) is 0.719. The summed E-state index contributed by atoms with van der Waals surface area (Å²) in [5.41, 5.74) is -1.27. The van der Waals surface area contributed by atoms with Crippen molar-refractivity contribution >= 4 is 53.2 Å². The van der Waals surface area contributed by atoms with E-state index in [1.54, 1.807) is 12.1 Å². The van der Waals surface area contributed by atoms with Gasteiger partial charge in [-0.25, -0.2) is 4.68 Å². The summed E-state index contributed by atoms with van der Waals surface area (Å²) in [5, 5.41) is 21.2. The molecule has 13 nitrogen and oxygen atoms in total. The number of hydrogen-bond acceptors (Lipinski definition) is 11. The molecule has 2 aliphatic heterocycles. The number of carbonyl (C=O) groups excluding carboxylic acids is 3. The molecular weight excluding hydrogens is 500 g/mol. The number of aliphatic carboxylic acids is 1. The minimum atomic E-state index is -1.27. The molecule has 4 heterocycles. The van der Waals surface area contributed by atoms with E-state index in [2.05, 4.69) is 15.5 Å². The molecule has 1 N–H and O–H groups in total. The number of anilines is 1. The van der Waals surface area contributed by atoms with Gasteiger partial charge in [0.2, 0.25) is 22.9 Å². The van der Waals surface area contributed by atoms with Gasteiger partial charge < -0.3 is 19.2 Å². The van der Waals surface area contributed by atoms with E-state index in [0.29, 0.717) is 6.42 Å². The Morgan fingerprint density at radius 3 is 2.89 bits per heavy atom. The number of ether oxygens (including phenoxy) is 1. The number of esters is 1. The predicted molar refractivity (Wildman–Crippen MR) is 123 cm³/mol. The summed E-state index contributed by atoms with van der Waals surface area (Å²) in [7, 11) is 0. The summed E-state index contributed by atoms with van der Waals surface area (Å²) < 4.78 is 11.6. The number of aromatic nitrogens is 4. The molecule has 2 aliphatic rings. The number of hydrogen-bond donors (Lipinski definition) is 1. The zero-order chi connectivity index (χ0) is 25.2. The number of thioether (sulfide) groups is 2. The lowest BCUT2D eigenvalue weighted by atomic mass is 9.89. The lowest BCUT2D eigenvalue weighted by Gasteiger charge is -2.55. The quantitative estimate of drug-likeness (QED) is 0.264. The lowest BCUT2D eigenvalue weighted by molar-refractivity contribution is -0.156.